The Hall–Kier alpha value is 0.440. The molecule has 0 aliphatic carbocycles. The van der Waals surface area contributed by atoms with Crippen LogP contribution in [0.25, 0.3) is 0 Å². The van der Waals surface area contributed by atoms with Gasteiger partial charge in [0.05, 0.1) is 12.7 Å². The van der Waals surface area contributed by atoms with Gasteiger partial charge in [0.15, 0.2) is 3.41 Å². The fourth-order valence-corrected chi connectivity index (χ4v) is 1.43. The third kappa shape index (κ3) is 4.46. The van der Waals surface area contributed by atoms with Crippen molar-refractivity contribution >= 4 is 43.0 Å². The van der Waals surface area contributed by atoms with Gasteiger partial charge in [-0.15, -0.1) is 37.0 Å². The van der Waals surface area contributed by atoms with Gasteiger partial charge in [0.25, 0.3) is 0 Å². The average molecular weight is 230 g/mol. The molecule has 0 aromatic rings. The van der Waals surface area contributed by atoms with E-state index in [2.05, 4.69) is 25.3 Å². The van der Waals surface area contributed by atoms with Crippen molar-refractivity contribution in [2.24, 2.45) is 0 Å². The molecule has 0 aliphatic heterocycles. The van der Waals surface area contributed by atoms with Crippen molar-refractivity contribution in [1.82, 2.24) is 0 Å². The van der Waals surface area contributed by atoms with E-state index < -0.39 is 22.1 Å². The van der Waals surface area contributed by atoms with Crippen LogP contribution in [0.15, 0.2) is 0 Å². The Labute approximate surface area is 85.2 Å². The summed E-state index contributed by atoms with van der Waals surface area (Å²) in [6.45, 7) is -0.399. The smallest absolute Gasteiger partial charge is 0.340 e. The van der Waals surface area contributed by atoms with Crippen molar-refractivity contribution < 1.29 is 20.1 Å². The maximum absolute atomic E-state index is 10.4. The van der Waals surface area contributed by atoms with E-state index in [-0.39, 0.29) is 5.75 Å². The van der Waals surface area contributed by atoms with E-state index in [1.165, 1.54) is 0 Å². The molecule has 0 bridgehead atoms. The molecule has 1 atom stereocenters. The van der Waals surface area contributed by atoms with Crippen LogP contribution >= 0.6 is 37.0 Å². The van der Waals surface area contributed by atoms with E-state index in [1.54, 1.807) is 0 Å². The molecular formula is C5H10O4S3. The average Bonchev–Trinajstić information content (AvgIpc) is 2.00. The standard InChI is InChI=1S/C5H10O4S3/c6-1-3(7)2-12-5(10,11)4(8)9/h3,6-7,10-11H,1-2H2,(H,8,9). The molecule has 72 valence electrons. The first-order chi connectivity index (χ1) is 5.40. The van der Waals surface area contributed by atoms with Crippen LogP contribution in [0.4, 0.5) is 0 Å². The minimum atomic E-state index is -1.52. The second kappa shape index (κ2) is 5.23. The highest BCUT2D eigenvalue weighted by atomic mass is 32.2. The molecule has 0 fully saturated rings. The van der Waals surface area contributed by atoms with Gasteiger partial charge in [0.1, 0.15) is 0 Å². The lowest BCUT2D eigenvalue weighted by molar-refractivity contribution is -0.135. The maximum atomic E-state index is 10.4. The van der Waals surface area contributed by atoms with E-state index in [9.17, 15) is 4.79 Å². The number of aliphatic carboxylic acids is 1. The molecule has 0 spiro atoms. The summed E-state index contributed by atoms with van der Waals surface area (Å²) >= 11 is 8.30. The zero-order chi connectivity index (χ0) is 9.78. The Balaban J connectivity index is 3.83. The third-order valence-corrected chi connectivity index (χ3v) is 3.25. The van der Waals surface area contributed by atoms with Gasteiger partial charge in [-0.2, -0.15) is 0 Å². The first-order valence-corrected chi connectivity index (χ1v) is 4.89. The predicted molar refractivity (Wildman–Crippen MR) is 53.9 cm³/mol. The van der Waals surface area contributed by atoms with E-state index >= 15 is 0 Å². The monoisotopic (exact) mass is 230 g/mol. The largest absolute Gasteiger partial charge is 0.479 e. The van der Waals surface area contributed by atoms with Crippen LogP contribution in [-0.2, 0) is 4.79 Å². The van der Waals surface area contributed by atoms with Gasteiger partial charge >= 0.3 is 5.97 Å². The molecule has 0 radical (unpaired) electrons. The van der Waals surface area contributed by atoms with Crippen LogP contribution in [0, 0.1) is 0 Å². The number of hydrogen-bond donors (Lipinski definition) is 5. The predicted octanol–water partition coefficient (Wildman–Crippen LogP) is -0.329. The quantitative estimate of drug-likeness (QED) is 0.330. The zero-order valence-corrected chi connectivity index (χ0v) is 8.65. The Morgan fingerprint density at radius 3 is 2.42 bits per heavy atom. The number of carbonyl (C=O) groups is 1. The first kappa shape index (κ1) is 12.4. The van der Waals surface area contributed by atoms with Crippen LogP contribution in [0.5, 0.6) is 0 Å². The summed E-state index contributed by atoms with van der Waals surface area (Å²) in [6.07, 6.45) is -0.937. The minimum Gasteiger partial charge on any atom is -0.479 e. The van der Waals surface area contributed by atoms with E-state index in [0.29, 0.717) is 0 Å². The molecule has 7 heteroatoms. The number of carboxylic acids is 1. The van der Waals surface area contributed by atoms with E-state index in [0.717, 1.165) is 11.8 Å². The topological polar surface area (TPSA) is 77.8 Å². The van der Waals surface area contributed by atoms with Crippen molar-refractivity contribution in [2.75, 3.05) is 12.4 Å². The fourth-order valence-electron chi connectivity index (χ4n) is 0.327. The van der Waals surface area contributed by atoms with Crippen LogP contribution in [-0.4, -0.2) is 43.2 Å². The molecule has 0 saturated carbocycles. The van der Waals surface area contributed by atoms with Crippen molar-refractivity contribution in [1.29, 1.82) is 0 Å². The third-order valence-electron chi connectivity index (χ3n) is 0.966. The summed E-state index contributed by atoms with van der Waals surface area (Å²) in [5, 5.41) is 25.8. The molecule has 0 aromatic carbocycles. The number of carboxylic acid groups (broad SMARTS) is 1. The van der Waals surface area contributed by atoms with Crippen molar-refractivity contribution in [3.63, 3.8) is 0 Å². The van der Waals surface area contributed by atoms with Crippen molar-refractivity contribution in [3.8, 4) is 0 Å². The molecular weight excluding hydrogens is 220 g/mol. The lowest BCUT2D eigenvalue weighted by atomic mass is 10.4. The van der Waals surface area contributed by atoms with Gasteiger partial charge in [-0.05, 0) is 0 Å². The lowest BCUT2D eigenvalue weighted by Gasteiger charge is -2.17. The fraction of sp³-hybridized carbons (Fsp3) is 0.800. The van der Waals surface area contributed by atoms with Gasteiger partial charge in [-0.3, -0.25) is 0 Å². The highest BCUT2D eigenvalue weighted by Crippen LogP contribution is 2.34. The zero-order valence-electron chi connectivity index (χ0n) is 6.04. The maximum Gasteiger partial charge on any atom is 0.340 e. The number of rotatable bonds is 5. The lowest BCUT2D eigenvalue weighted by Crippen LogP contribution is -2.25. The Kier molecular flexibility index (Phi) is 5.42. The molecule has 0 saturated heterocycles. The number of aliphatic hydroxyl groups excluding tert-OH is 2. The van der Waals surface area contributed by atoms with Crippen LogP contribution < -0.4 is 0 Å². The summed E-state index contributed by atoms with van der Waals surface area (Å²) in [4.78, 5) is 10.4. The van der Waals surface area contributed by atoms with Crippen molar-refractivity contribution in [2.45, 2.75) is 9.52 Å². The second-order valence-corrected chi connectivity index (χ2v) is 5.59. The molecule has 4 nitrogen and oxygen atoms in total. The van der Waals surface area contributed by atoms with Crippen molar-refractivity contribution in [3.05, 3.63) is 0 Å². The van der Waals surface area contributed by atoms with Gasteiger partial charge in [0.2, 0.25) is 0 Å². The molecule has 0 amide bonds. The number of aliphatic hydroxyl groups is 2. The van der Waals surface area contributed by atoms with Gasteiger partial charge < -0.3 is 15.3 Å². The SMILES string of the molecule is O=C(O)C(S)(S)SCC(O)CO. The Morgan fingerprint density at radius 2 is 2.08 bits per heavy atom. The van der Waals surface area contributed by atoms with E-state index in [1.807, 2.05) is 0 Å². The Morgan fingerprint density at radius 1 is 1.58 bits per heavy atom. The summed E-state index contributed by atoms with van der Waals surface area (Å²) in [5.41, 5.74) is 0. The number of thioether (sulfide) groups is 1. The first-order valence-electron chi connectivity index (χ1n) is 3.01. The number of hydrogen-bond acceptors (Lipinski definition) is 6. The molecule has 1 unspecified atom stereocenters. The molecule has 0 rings (SSSR count). The minimum absolute atomic E-state index is 0.0792. The summed E-state index contributed by atoms with van der Waals surface area (Å²) in [6, 6.07) is 0. The van der Waals surface area contributed by atoms with Gasteiger partial charge in [-0.25, -0.2) is 4.79 Å². The number of thiol groups is 2. The highest BCUT2D eigenvalue weighted by molar-refractivity contribution is 8.25. The van der Waals surface area contributed by atoms with E-state index in [4.69, 9.17) is 15.3 Å². The Bertz CT molecular complexity index is 161. The van der Waals surface area contributed by atoms with Crippen LogP contribution in [0.1, 0.15) is 0 Å². The highest BCUT2D eigenvalue weighted by Gasteiger charge is 2.31. The molecule has 0 aliphatic rings. The van der Waals surface area contributed by atoms with Crippen LogP contribution in [0.3, 0.4) is 0 Å². The summed E-state index contributed by atoms with van der Waals surface area (Å²) in [5.74, 6) is -1.11. The normalized spacial score (nSPS) is 14.3. The van der Waals surface area contributed by atoms with Gasteiger partial charge in [0, 0.05) is 5.75 Å². The molecule has 0 heterocycles. The second-order valence-electron chi connectivity index (χ2n) is 2.06. The van der Waals surface area contributed by atoms with Gasteiger partial charge in [-0.1, -0.05) is 0 Å². The molecule has 12 heavy (non-hydrogen) atoms. The summed E-state index contributed by atoms with van der Waals surface area (Å²) < 4.78 is -1.52. The molecule has 0 aromatic heterocycles. The van der Waals surface area contributed by atoms with Crippen LogP contribution in [0.2, 0.25) is 0 Å². The summed E-state index contributed by atoms with van der Waals surface area (Å²) in [7, 11) is 0. The molecule has 3 N–H and O–H groups in total.